The molecular weight excluding hydrogens is 223 g/mol. The fourth-order valence-electron chi connectivity index (χ4n) is 0.311. The molecule has 0 N–H and O–H groups in total. The Labute approximate surface area is 83.5 Å². The molecule has 0 rings (SSSR count). The first-order valence-corrected chi connectivity index (χ1v) is 3.71. The van der Waals surface area contributed by atoms with Gasteiger partial charge in [0.15, 0.2) is 24.4 Å². The number of hydrogen-bond donors (Lipinski definition) is 0. The molecule has 0 aliphatic heterocycles. The summed E-state index contributed by atoms with van der Waals surface area (Å²) < 4.78 is 13.2. The minimum Gasteiger partial charge on any atom is -0.447 e. The molecule has 0 aliphatic carbocycles. The molecular formula is C6H4Cl2O5. The van der Waals surface area contributed by atoms with Crippen LogP contribution in [0.4, 0.5) is 0 Å². The van der Waals surface area contributed by atoms with Crippen molar-refractivity contribution < 1.29 is 23.8 Å². The second-order valence-electron chi connectivity index (χ2n) is 1.43. The fraction of sp³-hybridized carbons (Fsp3) is 0.333. The molecule has 7 heteroatoms. The van der Waals surface area contributed by atoms with Gasteiger partial charge >= 0.3 is 0 Å². The molecule has 0 spiro atoms. The number of hydrogen-bond acceptors (Lipinski definition) is 5. The van der Waals surface area contributed by atoms with Gasteiger partial charge in [0.25, 0.3) is 11.5 Å². The minimum atomic E-state index is -1.30. The Morgan fingerprint density at radius 1 is 1.00 bits per heavy atom. The standard InChI is InChI=1S/C6H4Cl2O5/c7-5(11-3-1-9)13-6(8)12-4-2-10/h3-6H. The lowest BCUT2D eigenvalue weighted by Crippen LogP contribution is -2.15. The summed E-state index contributed by atoms with van der Waals surface area (Å²) in [6, 6.07) is 0. The molecule has 0 saturated heterocycles. The van der Waals surface area contributed by atoms with Gasteiger partial charge in [-0.2, -0.15) is 0 Å². The number of carbonyl (C=O) groups excluding carboxylic acids is 2. The maximum atomic E-state index is 9.63. The Kier molecular flexibility index (Phi) is 7.11. The SMILES string of the molecule is O=C=COC(Cl)OC(Cl)OC=C=O. The summed E-state index contributed by atoms with van der Waals surface area (Å²) in [7, 11) is 0. The number of ether oxygens (including phenoxy) is 3. The van der Waals surface area contributed by atoms with Gasteiger partial charge in [-0.3, -0.25) is 4.74 Å². The van der Waals surface area contributed by atoms with Gasteiger partial charge in [-0.05, 0) is 23.2 Å². The van der Waals surface area contributed by atoms with E-state index in [-0.39, 0.29) is 0 Å². The highest BCUT2D eigenvalue weighted by Gasteiger charge is 2.11. The third kappa shape index (κ3) is 7.40. The molecule has 2 unspecified atom stereocenters. The van der Waals surface area contributed by atoms with Gasteiger partial charge in [0.05, 0.1) is 0 Å². The van der Waals surface area contributed by atoms with Gasteiger partial charge in [-0.15, -0.1) is 0 Å². The third-order valence-electron chi connectivity index (χ3n) is 0.660. The Morgan fingerprint density at radius 3 is 1.69 bits per heavy atom. The first-order chi connectivity index (χ1) is 6.20. The summed E-state index contributed by atoms with van der Waals surface area (Å²) in [4.78, 5) is 19.3. The average molecular weight is 227 g/mol. The van der Waals surface area contributed by atoms with Gasteiger partial charge in [0.2, 0.25) is 0 Å². The summed E-state index contributed by atoms with van der Waals surface area (Å²) >= 11 is 10.6. The van der Waals surface area contributed by atoms with Crippen LogP contribution in [-0.2, 0) is 23.8 Å². The van der Waals surface area contributed by atoms with E-state index in [1.165, 1.54) is 11.9 Å². The van der Waals surface area contributed by atoms with Crippen molar-refractivity contribution in [2.45, 2.75) is 11.5 Å². The normalized spacial score (nSPS) is 13.1. The van der Waals surface area contributed by atoms with E-state index in [4.69, 9.17) is 23.2 Å². The first-order valence-electron chi connectivity index (χ1n) is 2.84. The van der Waals surface area contributed by atoms with Crippen LogP contribution in [0.1, 0.15) is 0 Å². The van der Waals surface area contributed by atoms with Gasteiger partial charge < -0.3 is 9.47 Å². The third-order valence-corrected chi connectivity index (χ3v) is 1.07. The number of rotatable bonds is 6. The van der Waals surface area contributed by atoms with Crippen LogP contribution in [0.25, 0.3) is 0 Å². The molecule has 0 bridgehead atoms. The van der Waals surface area contributed by atoms with Crippen molar-refractivity contribution >= 4 is 35.1 Å². The molecule has 2 atom stereocenters. The van der Waals surface area contributed by atoms with Crippen LogP contribution in [0.2, 0.25) is 0 Å². The molecule has 0 aliphatic rings. The highest BCUT2D eigenvalue weighted by Crippen LogP contribution is 2.09. The Balaban J connectivity index is 3.69. The molecule has 13 heavy (non-hydrogen) atoms. The molecule has 0 heterocycles. The molecule has 0 aromatic carbocycles. The van der Waals surface area contributed by atoms with Gasteiger partial charge in [-0.1, -0.05) is 0 Å². The summed E-state index contributed by atoms with van der Waals surface area (Å²) in [5.74, 6) is -0.00511. The van der Waals surface area contributed by atoms with Crippen molar-refractivity contribution in [3.8, 4) is 0 Å². The van der Waals surface area contributed by atoms with Crippen molar-refractivity contribution in [3.63, 3.8) is 0 Å². The van der Waals surface area contributed by atoms with Crippen LogP contribution in [0.5, 0.6) is 0 Å². The highest BCUT2D eigenvalue weighted by molar-refractivity contribution is 6.20. The maximum Gasteiger partial charge on any atom is 0.283 e. The van der Waals surface area contributed by atoms with Crippen molar-refractivity contribution in [2.24, 2.45) is 0 Å². The second-order valence-corrected chi connectivity index (χ2v) is 2.14. The topological polar surface area (TPSA) is 61.8 Å². The second kappa shape index (κ2) is 7.68. The Morgan fingerprint density at radius 2 is 1.38 bits per heavy atom. The van der Waals surface area contributed by atoms with Crippen molar-refractivity contribution in [1.29, 1.82) is 0 Å². The van der Waals surface area contributed by atoms with Crippen LogP contribution in [0.15, 0.2) is 12.5 Å². The zero-order chi connectivity index (χ0) is 10.1. The van der Waals surface area contributed by atoms with E-state index < -0.39 is 11.5 Å². The fourth-order valence-corrected chi connectivity index (χ4v) is 0.653. The van der Waals surface area contributed by atoms with Crippen LogP contribution in [0, 0.1) is 0 Å². The summed E-state index contributed by atoms with van der Waals surface area (Å²) in [5, 5.41) is 0. The molecule has 0 fully saturated rings. The summed E-state index contributed by atoms with van der Waals surface area (Å²) in [6.07, 6.45) is 1.30. The van der Waals surface area contributed by atoms with Gasteiger partial charge in [0, 0.05) is 0 Å². The zero-order valence-corrected chi connectivity index (χ0v) is 7.62. The number of alkyl halides is 2. The lowest BCUT2D eigenvalue weighted by molar-refractivity contribution is -0.136. The minimum absolute atomic E-state index is 0.650. The first kappa shape index (κ1) is 12.0. The van der Waals surface area contributed by atoms with Crippen LogP contribution >= 0.6 is 23.2 Å². The maximum absolute atomic E-state index is 9.63. The summed E-state index contributed by atoms with van der Waals surface area (Å²) in [5.41, 5.74) is 0. The average Bonchev–Trinajstić information content (AvgIpc) is 2.11. The predicted octanol–water partition coefficient (Wildman–Crippen LogP) is 0.772. The van der Waals surface area contributed by atoms with E-state index in [1.807, 2.05) is 0 Å². The summed E-state index contributed by atoms with van der Waals surface area (Å²) in [6.45, 7) is 0. The molecule has 5 nitrogen and oxygen atoms in total. The van der Waals surface area contributed by atoms with E-state index in [2.05, 4.69) is 14.2 Å². The lowest BCUT2D eigenvalue weighted by atomic mass is 11.1. The molecule has 0 aromatic heterocycles. The van der Waals surface area contributed by atoms with Crippen molar-refractivity contribution in [3.05, 3.63) is 12.5 Å². The van der Waals surface area contributed by atoms with Crippen molar-refractivity contribution in [1.82, 2.24) is 0 Å². The van der Waals surface area contributed by atoms with Gasteiger partial charge in [-0.25, -0.2) is 9.59 Å². The molecule has 72 valence electrons. The van der Waals surface area contributed by atoms with Crippen LogP contribution in [0.3, 0.4) is 0 Å². The van der Waals surface area contributed by atoms with Crippen LogP contribution < -0.4 is 0 Å². The van der Waals surface area contributed by atoms with E-state index in [0.717, 1.165) is 0 Å². The molecule has 0 saturated carbocycles. The Bertz CT molecular complexity index is 207. The smallest absolute Gasteiger partial charge is 0.283 e. The van der Waals surface area contributed by atoms with E-state index in [9.17, 15) is 9.59 Å². The number of halogens is 2. The van der Waals surface area contributed by atoms with E-state index >= 15 is 0 Å². The van der Waals surface area contributed by atoms with E-state index in [1.54, 1.807) is 0 Å². The monoisotopic (exact) mass is 226 g/mol. The van der Waals surface area contributed by atoms with E-state index in [0.29, 0.717) is 12.5 Å². The zero-order valence-electron chi connectivity index (χ0n) is 6.11. The quantitative estimate of drug-likeness (QED) is 0.290. The predicted molar refractivity (Wildman–Crippen MR) is 43.1 cm³/mol. The Hall–Kier alpha value is -0.960. The van der Waals surface area contributed by atoms with Crippen LogP contribution in [-0.4, -0.2) is 23.4 Å². The molecule has 0 amide bonds. The van der Waals surface area contributed by atoms with Gasteiger partial charge in [0.1, 0.15) is 0 Å². The largest absolute Gasteiger partial charge is 0.447 e. The van der Waals surface area contributed by atoms with Crippen molar-refractivity contribution in [2.75, 3.05) is 0 Å². The lowest BCUT2D eigenvalue weighted by Gasteiger charge is -2.12. The highest BCUT2D eigenvalue weighted by atomic mass is 35.5. The molecule has 0 aromatic rings. The molecule has 0 radical (unpaired) electrons.